The predicted octanol–water partition coefficient (Wildman–Crippen LogP) is 11.2. The summed E-state index contributed by atoms with van der Waals surface area (Å²) in [4.78, 5) is 0. The van der Waals surface area contributed by atoms with Gasteiger partial charge in [-0.1, -0.05) is 60.7 Å². The highest BCUT2D eigenvalue weighted by atomic mass is 16.3. The van der Waals surface area contributed by atoms with Crippen molar-refractivity contribution in [3.63, 3.8) is 0 Å². The summed E-state index contributed by atoms with van der Waals surface area (Å²) in [6, 6.07) is 54.2. The monoisotopic (exact) mass is 624 g/mol. The van der Waals surface area contributed by atoms with E-state index in [9.17, 15) is 10.5 Å². The average Bonchev–Trinajstić information content (AvgIpc) is 3.82. The minimum absolute atomic E-state index is 0.581. The maximum Gasteiger partial charge on any atom is 0.145 e. The number of hydrogen-bond acceptors (Lipinski definition) is 3. The number of nitrogens with zero attached hydrogens (tertiary/aromatic N) is 4. The molecule has 226 valence electrons. The second-order valence-electron chi connectivity index (χ2n) is 12.4. The zero-order valence-corrected chi connectivity index (χ0v) is 26.1. The molecule has 0 aliphatic carbocycles. The first-order chi connectivity index (χ1) is 24.2. The summed E-state index contributed by atoms with van der Waals surface area (Å²) in [7, 11) is 0. The van der Waals surface area contributed by atoms with E-state index in [2.05, 4.69) is 94.1 Å². The minimum atomic E-state index is 0.581. The van der Waals surface area contributed by atoms with E-state index in [0.29, 0.717) is 11.1 Å². The van der Waals surface area contributed by atoms with Gasteiger partial charge in [0, 0.05) is 38.2 Å². The van der Waals surface area contributed by atoms with Crippen LogP contribution in [0, 0.1) is 22.7 Å². The summed E-state index contributed by atoms with van der Waals surface area (Å²) < 4.78 is 11.2. The third-order valence-corrected chi connectivity index (χ3v) is 9.77. The second-order valence-corrected chi connectivity index (χ2v) is 12.4. The van der Waals surface area contributed by atoms with Crippen molar-refractivity contribution in [1.29, 1.82) is 10.5 Å². The molecule has 0 fully saturated rings. The zero-order valence-electron chi connectivity index (χ0n) is 26.1. The van der Waals surface area contributed by atoms with Crippen molar-refractivity contribution in [2.45, 2.75) is 0 Å². The van der Waals surface area contributed by atoms with E-state index in [1.165, 1.54) is 0 Å². The number of benzene rings is 7. The Kier molecular flexibility index (Phi) is 5.64. The molecular weight excluding hydrogens is 601 g/mol. The third-order valence-electron chi connectivity index (χ3n) is 9.77. The fourth-order valence-corrected chi connectivity index (χ4v) is 7.64. The molecule has 0 atom stereocenters. The van der Waals surface area contributed by atoms with Crippen molar-refractivity contribution >= 4 is 65.6 Å². The molecule has 0 unspecified atom stereocenters. The fourth-order valence-electron chi connectivity index (χ4n) is 7.64. The predicted molar refractivity (Wildman–Crippen MR) is 197 cm³/mol. The molecule has 0 radical (unpaired) electrons. The van der Waals surface area contributed by atoms with Crippen LogP contribution in [0.4, 0.5) is 0 Å². The molecule has 3 aromatic heterocycles. The van der Waals surface area contributed by atoms with Gasteiger partial charge in [0.2, 0.25) is 0 Å². The van der Waals surface area contributed by atoms with Gasteiger partial charge in [0.05, 0.1) is 56.4 Å². The Morgan fingerprint density at radius 3 is 2.00 bits per heavy atom. The van der Waals surface area contributed by atoms with Gasteiger partial charge in [-0.2, -0.15) is 10.5 Å². The highest BCUT2D eigenvalue weighted by Crippen LogP contribution is 2.43. The van der Waals surface area contributed by atoms with Crippen LogP contribution in [-0.4, -0.2) is 9.13 Å². The second kappa shape index (κ2) is 10.2. The molecule has 0 amide bonds. The van der Waals surface area contributed by atoms with E-state index < -0.39 is 0 Å². The number of furan rings is 1. The molecule has 0 N–H and O–H groups in total. The number of nitriles is 2. The molecule has 5 heteroatoms. The lowest BCUT2D eigenvalue weighted by molar-refractivity contribution is 0.673. The quantitative estimate of drug-likeness (QED) is 0.196. The number of fused-ring (bicyclic) bond motifs is 10. The molecule has 0 aliphatic rings. The lowest BCUT2D eigenvalue weighted by atomic mass is 9.98. The Morgan fingerprint density at radius 2 is 1.14 bits per heavy atom. The lowest BCUT2D eigenvalue weighted by Gasteiger charge is -2.15. The van der Waals surface area contributed by atoms with Gasteiger partial charge < -0.3 is 13.6 Å². The zero-order chi connectivity index (χ0) is 32.6. The van der Waals surface area contributed by atoms with Gasteiger partial charge in [0.25, 0.3) is 0 Å². The Labute approximate surface area is 280 Å². The fraction of sp³-hybridized carbons (Fsp3) is 0. The molecule has 10 rings (SSSR count). The first-order valence-electron chi connectivity index (χ1n) is 16.1. The molecular formula is C44H24N4O. The van der Waals surface area contributed by atoms with Gasteiger partial charge in [-0.3, -0.25) is 0 Å². The van der Waals surface area contributed by atoms with E-state index in [1.807, 2.05) is 72.8 Å². The van der Waals surface area contributed by atoms with E-state index in [0.717, 1.165) is 88.1 Å². The minimum Gasteiger partial charge on any atom is -0.455 e. The van der Waals surface area contributed by atoms with E-state index in [1.54, 1.807) is 0 Å². The van der Waals surface area contributed by atoms with Gasteiger partial charge in [-0.05, 0) is 90.5 Å². The first kappa shape index (κ1) is 27.1. The maximum absolute atomic E-state index is 10.1. The van der Waals surface area contributed by atoms with Crippen LogP contribution in [0.2, 0.25) is 0 Å². The summed E-state index contributed by atoms with van der Waals surface area (Å²) in [5, 5.41) is 26.1. The van der Waals surface area contributed by atoms with Crippen LogP contribution in [0.5, 0.6) is 0 Å². The highest BCUT2D eigenvalue weighted by molar-refractivity contribution is 6.24. The smallest absolute Gasteiger partial charge is 0.145 e. The molecule has 0 saturated heterocycles. The van der Waals surface area contributed by atoms with Crippen LogP contribution < -0.4 is 0 Å². The van der Waals surface area contributed by atoms with Crippen LogP contribution in [0.3, 0.4) is 0 Å². The van der Waals surface area contributed by atoms with Gasteiger partial charge in [-0.15, -0.1) is 0 Å². The summed E-state index contributed by atoms with van der Waals surface area (Å²) in [6.45, 7) is 0. The summed E-state index contributed by atoms with van der Waals surface area (Å²) in [6.07, 6.45) is 0. The van der Waals surface area contributed by atoms with E-state index in [4.69, 9.17) is 4.42 Å². The molecule has 10 aromatic rings. The van der Waals surface area contributed by atoms with Crippen molar-refractivity contribution in [1.82, 2.24) is 9.13 Å². The van der Waals surface area contributed by atoms with Gasteiger partial charge in [0.15, 0.2) is 0 Å². The average molecular weight is 625 g/mol. The SMILES string of the molecule is N#Cc1ccc(-n2c3ccccc3c3cc(C#N)ccc32)c(-c2ccc3c(c2)c2c4oc5ccccc5c4ccc2n3-c2ccccc2)c1. The third kappa shape index (κ3) is 3.85. The Hall–Kier alpha value is -7.08. The number of para-hydroxylation sites is 3. The first-order valence-corrected chi connectivity index (χ1v) is 16.1. The van der Waals surface area contributed by atoms with Crippen molar-refractivity contribution in [2.75, 3.05) is 0 Å². The molecule has 0 aliphatic heterocycles. The molecule has 0 bridgehead atoms. The van der Waals surface area contributed by atoms with Crippen LogP contribution in [0.15, 0.2) is 150 Å². The molecule has 3 heterocycles. The molecule has 0 saturated carbocycles. The summed E-state index contributed by atoms with van der Waals surface area (Å²) in [5.41, 5.74) is 11.0. The Balaban J connectivity index is 1.32. The Morgan fingerprint density at radius 1 is 0.469 bits per heavy atom. The maximum atomic E-state index is 10.1. The van der Waals surface area contributed by atoms with Crippen molar-refractivity contribution in [2.24, 2.45) is 0 Å². The van der Waals surface area contributed by atoms with Crippen LogP contribution >= 0.6 is 0 Å². The number of hydrogen-bond donors (Lipinski definition) is 0. The molecule has 5 nitrogen and oxygen atoms in total. The normalized spacial score (nSPS) is 11.6. The van der Waals surface area contributed by atoms with Crippen LogP contribution in [-0.2, 0) is 0 Å². The standard InChI is InChI=1S/C44H24N4O/c45-25-27-14-18-38(48-37-12-6-4-10-31(37)35-23-28(26-46)15-19-39(35)48)34(22-27)29-16-20-40-36(24-29)43-41(47(40)30-8-2-1-3-9-30)21-17-33-32-11-5-7-13-42(32)49-44(33)43/h1-24H. The molecule has 49 heavy (non-hydrogen) atoms. The van der Waals surface area contributed by atoms with E-state index >= 15 is 0 Å². The van der Waals surface area contributed by atoms with Gasteiger partial charge >= 0.3 is 0 Å². The highest BCUT2D eigenvalue weighted by Gasteiger charge is 2.21. The largest absolute Gasteiger partial charge is 0.455 e. The van der Waals surface area contributed by atoms with Gasteiger partial charge in [-0.25, -0.2) is 0 Å². The Bertz CT molecular complexity index is 3070. The van der Waals surface area contributed by atoms with Crippen LogP contribution in [0.1, 0.15) is 11.1 Å². The summed E-state index contributed by atoms with van der Waals surface area (Å²) in [5.74, 6) is 0. The van der Waals surface area contributed by atoms with Crippen molar-refractivity contribution in [3.8, 4) is 34.6 Å². The molecule has 7 aromatic carbocycles. The van der Waals surface area contributed by atoms with Crippen LogP contribution in [0.25, 0.3) is 88.1 Å². The lowest BCUT2D eigenvalue weighted by Crippen LogP contribution is -1.98. The molecule has 0 spiro atoms. The van der Waals surface area contributed by atoms with Crippen molar-refractivity contribution < 1.29 is 4.42 Å². The number of aromatic nitrogens is 2. The van der Waals surface area contributed by atoms with Gasteiger partial charge in [0.1, 0.15) is 11.2 Å². The van der Waals surface area contributed by atoms with E-state index in [-0.39, 0.29) is 0 Å². The summed E-state index contributed by atoms with van der Waals surface area (Å²) >= 11 is 0. The van der Waals surface area contributed by atoms with Crippen molar-refractivity contribution in [3.05, 3.63) is 157 Å². The topological polar surface area (TPSA) is 70.6 Å². The number of rotatable bonds is 3.